The summed E-state index contributed by atoms with van der Waals surface area (Å²) in [5.74, 6) is 1.20. The molecule has 1 rings (SSSR count). The zero-order chi connectivity index (χ0) is 14.1. The van der Waals surface area contributed by atoms with Gasteiger partial charge >= 0.3 is 0 Å². The van der Waals surface area contributed by atoms with Crippen LogP contribution in [0, 0.1) is 5.92 Å². The highest BCUT2D eigenvalue weighted by molar-refractivity contribution is 7.98. The highest BCUT2D eigenvalue weighted by Gasteiger charge is 2.29. The van der Waals surface area contributed by atoms with E-state index in [0.29, 0.717) is 32.5 Å². The van der Waals surface area contributed by atoms with E-state index < -0.39 is 0 Å². The Balaban J connectivity index is 2.32. The molecule has 19 heavy (non-hydrogen) atoms. The molecule has 1 atom stereocenters. The van der Waals surface area contributed by atoms with Crippen molar-refractivity contribution in [3.05, 3.63) is 0 Å². The summed E-state index contributed by atoms with van der Waals surface area (Å²) in [4.78, 5) is 25.4. The van der Waals surface area contributed by atoms with Gasteiger partial charge in [0.2, 0.25) is 11.8 Å². The molecular weight excluding hydrogens is 264 g/mol. The number of hydrogen-bond acceptors (Lipinski definition) is 4. The van der Waals surface area contributed by atoms with Crippen molar-refractivity contribution >= 4 is 23.6 Å². The van der Waals surface area contributed by atoms with Gasteiger partial charge < -0.3 is 15.0 Å². The van der Waals surface area contributed by atoms with Gasteiger partial charge in [0.05, 0.1) is 12.5 Å². The van der Waals surface area contributed by atoms with Crippen molar-refractivity contribution in [3.63, 3.8) is 0 Å². The minimum atomic E-state index is -0.0659. The lowest BCUT2D eigenvalue weighted by Gasteiger charge is -2.31. The van der Waals surface area contributed by atoms with E-state index in [1.807, 2.05) is 0 Å². The van der Waals surface area contributed by atoms with Crippen molar-refractivity contribution in [1.29, 1.82) is 0 Å². The number of nitrogens with one attached hydrogen (secondary N) is 1. The lowest BCUT2D eigenvalue weighted by molar-refractivity contribution is -0.138. The Hall–Kier alpha value is -0.750. The predicted molar refractivity (Wildman–Crippen MR) is 77.2 cm³/mol. The van der Waals surface area contributed by atoms with Crippen LogP contribution in [0.25, 0.3) is 0 Å². The Labute approximate surface area is 119 Å². The minimum Gasteiger partial charge on any atom is -0.383 e. The Kier molecular flexibility index (Phi) is 7.90. The summed E-state index contributed by atoms with van der Waals surface area (Å²) in [5, 5.41) is 2.96. The van der Waals surface area contributed by atoms with E-state index in [1.54, 1.807) is 23.8 Å². The number of amides is 2. The molecule has 0 aliphatic carbocycles. The Bertz CT molecular complexity index is 300. The number of rotatable bonds is 8. The summed E-state index contributed by atoms with van der Waals surface area (Å²) in [7, 11) is 1.62. The molecule has 1 heterocycles. The summed E-state index contributed by atoms with van der Waals surface area (Å²) in [6.07, 6.45) is 4.18. The topological polar surface area (TPSA) is 58.6 Å². The second kappa shape index (κ2) is 9.20. The smallest absolute Gasteiger partial charge is 0.224 e. The van der Waals surface area contributed by atoms with Crippen molar-refractivity contribution in [2.75, 3.05) is 45.4 Å². The molecular formula is C13H24N2O3S. The predicted octanol–water partition coefficient (Wildman–Crippen LogP) is 0.741. The number of carbonyl (C=O) groups excluding carboxylic acids is 2. The van der Waals surface area contributed by atoms with E-state index in [-0.39, 0.29) is 17.7 Å². The van der Waals surface area contributed by atoms with Gasteiger partial charge in [0, 0.05) is 33.2 Å². The summed E-state index contributed by atoms with van der Waals surface area (Å²) in [6, 6.07) is 0. The van der Waals surface area contributed by atoms with Crippen LogP contribution in [0.4, 0.5) is 0 Å². The van der Waals surface area contributed by atoms with Crippen LogP contribution in [0.1, 0.15) is 19.3 Å². The van der Waals surface area contributed by atoms with Crippen LogP contribution in [-0.2, 0) is 14.3 Å². The first-order chi connectivity index (χ1) is 9.19. The Morgan fingerprint density at radius 1 is 1.58 bits per heavy atom. The summed E-state index contributed by atoms with van der Waals surface area (Å²) >= 11 is 1.78. The molecule has 5 nitrogen and oxygen atoms in total. The number of likely N-dealkylation sites (tertiary alicyclic amines) is 1. The maximum Gasteiger partial charge on any atom is 0.224 e. The van der Waals surface area contributed by atoms with Gasteiger partial charge in [-0.3, -0.25) is 9.59 Å². The second-order valence-corrected chi connectivity index (χ2v) is 5.69. The van der Waals surface area contributed by atoms with E-state index in [4.69, 9.17) is 4.74 Å². The van der Waals surface area contributed by atoms with E-state index in [0.717, 1.165) is 18.7 Å². The highest BCUT2D eigenvalue weighted by atomic mass is 32.2. The first-order valence-electron chi connectivity index (χ1n) is 6.72. The molecule has 110 valence electrons. The first kappa shape index (κ1) is 16.3. The standard InChI is InChI=1S/C13H24N2O3S/c1-18-8-7-15-10-11(4-5-12(15)16)13(17)14-6-3-9-19-2/h11H,3-10H2,1-2H3,(H,14,17)/t11-/m1/s1. The zero-order valence-electron chi connectivity index (χ0n) is 11.8. The third-order valence-electron chi connectivity index (χ3n) is 3.26. The van der Waals surface area contributed by atoms with E-state index in [1.165, 1.54) is 0 Å². The molecule has 0 spiro atoms. The highest BCUT2D eigenvalue weighted by Crippen LogP contribution is 2.17. The van der Waals surface area contributed by atoms with Gasteiger partial charge in [0.15, 0.2) is 0 Å². The molecule has 0 saturated carbocycles. The van der Waals surface area contributed by atoms with Gasteiger partial charge in [0.25, 0.3) is 0 Å². The Morgan fingerprint density at radius 2 is 2.37 bits per heavy atom. The van der Waals surface area contributed by atoms with Gasteiger partial charge in [-0.25, -0.2) is 0 Å². The molecule has 0 bridgehead atoms. The van der Waals surface area contributed by atoms with Gasteiger partial charge in [-0.15, -0.1) is 0 Å². The molecule has 2 amide bonds. The molecule has 1 saturated heterocycles. The van der Waals surface area contributed by atoms with Gasteiger partial charge in [-0.1, -0.05) is 0 Å². The SMILES string of the molecule is COCCN1C[C@H](C(=O)NCCCSC)CCC1=O. The molecule has 1 aliphatic rings. The molecule has 0 unspecified atom stereocenters. The summed E-state index contributed by atoms with van der Waals surface area (Å²) in [5.41, 5.74) is 0. The summed E-state index contributed by atoms with van der Waals surface area (Å²) < 4.78 is 4.98. The zero-order valence-corrected chi connectivity index (χ0v) is 12.6. The maximum absolute atomic E-state index is 12.0. The van der Waals surface area contributed by atoms with Crippen molar-refractivity contribution in [3.8, 4) is 0 Å². The van der Waals surface area contributed by atoms with Crippen LogP contribution in [0.2, 0.25) is 0 Å². The molecule has 0 radical (unpaired) electrons. The van der Waals surface area contributed by atoms with E-state index >= 15 is 0 Å². The van der Waals surface area contributed by atoms with Crippen LogP contribution in [0.3, 0.4) is 0 Å². The number of nitrogens with zero attached hydrogens (tertiary/aromatic N) is 1. The van der Waals surface area contributed by atoms with Gasteiger partial charge in [0.1, 0.15) is 0 Å². The molecule has 1 aliphatic heterocycles. The van der Waals surface area contributed by atoms with Crippen molar-refractivity contribution in [1.82, 2.24) is 10.2 Å². The van der Waals surface area contributed by atoms with Gasteiger partial charge in [-0.05, 0) is 24.9 Å². The number of hydrogen-bond donors (Lipinski definition) is 1. The third kappa shape index (κ3) is 5.82. The fourth-order valence-corrected chi connectivity index (χ4v) is 2.55. The maximum atomic E-state index is 12.0. The molecule has 1 N–H and O–H groups in total. The lowest BCUT2D eigenvalue weighted by Crippen LogP contribution is -2.46. The monoisotopic (exact) mass is 288 g/mol. The molecule has 0 aromatic heterocycles. The average molecular weight is 288 g/mol. The molecule has 0 aromatic rings. The van der Waals surface area contributed by atoms with E-state index in [9.17, 15) is 9.59 Å². The van der Waals surface area contributed by atoms with Crippen LogP contribution >= 0.6 is 11.8 Å². The fourth-order valence-electron chi connectivity index (χ4n) is 2.12. The van der Waals surface area contributed by atoms with Crippen LogP contribution < -0.4 is 5.32 Å². The average Bonchev–Trinajstić information content (AvgIpc) is 2.42. The molecule has 0 aromatic carbocycles. The second-order valence-electron chi connectivity index (χ2n) is 4.71. The number of methoxy groups -OCH3 is 1. The van der Waals surface area contributed by atoms with Crippen molar-refractivity contribution in [2.45, 2.75) is 19.3 Å². The number of carbonyl (C=O) groups is 2. The van der Waals surface area contributed by atoms with Crippen LogP contribution in [0.5, 0.6) is 0 Å². The quantitative estimate of drug-likeness (QED) is 0.669. The fraction of sp³-hybridized carbons (Fsp3) is 0.846. The van der Waals surface area contributed by atoms with Gasteiger partial charge in [-0.2, -0.15) is 11.8 Å². The number of piperidine rings is 1. The molecule has 1 fully saturated rings. The van der Waals surface area contributed by atoms with Crippen molar-refractivity contribution < 1.29 is 14.3 Å². The summed E-state index contributed by atoms with van der Waals surface area (Å²) in [6.45, 7) is 2.35. The minimum absolute atomic E-state index is 0.0659. The largest absolute Gasteiger partial charge is 0.383 e. The first-order valence-corrected chi connectivity index (χ1v) is 8.11. The normalized spacial score (nSPS) is 19.6. The number of ether oxygens (including phenoxy) is 1. The van der Waals surface area contributed by atoms with Crippen LogP contribution in [-0.4, -0.2) is 62.1 Å². The van der Waals surface area contributed by atoms with Crippen molar-refractivity contribution in [2.24, 2.45) is 5.92 Å². The Morgan fingerprint density at radius 3 is 3.05 bits per heavy atom. The third-order valence-corrected chi connectivity index (χ3v) is 3.96. The number of thioether (sulfide) groups is 1. The van der Waals surface area contributed by atoms with Crippen LogP contribution in [0.15, 0.2) is 0 Å². The lowest BCUT2D eigenvalue weighted by atomic mass is 9.96. The van der Waals surface area contributed by atoms with E-state index in [2.05, 4.69) is 11.6 Å². The molecule has 6 heteroatoms.